The minimum absolute atomic E-state index is 0.715. The summed E-state index contributed by atoms with van der Waals surface area (Å²) in [5.41, 5.74) is 6.07. The summed E-state index contributed by atoms with van der Waals surface area (Å²) < 4.78 is 0. The van der Waals surface area contributed by atoms with Crippen LogP contribution in [0.3, 0.4) is 0 Å². The molecular formula is C18H28N2. The van der Waals surface area contributed by atoms with Gasteiger partial charge in [-0.15, -0.1) is 0 Å². The molecule has 2 heterocycles. The fourth-order valence-electron chi connectivity index (χ4n) is 4.02. The fraction of sp³-hybridized carbons (Fsp3) is 0.667. The maximum absolute atomic E-state index is 3.65. The SMILES string of the molecule is CCc1cc2c(cc1CC)C(CC1CCCN1C)CN2. The van der Waals surface area contributed by atoms with E-state index in [0.29, 0.717) is 5.92 Å². The van der Waals surface area contributed by atoms with Gasteiger partial charge in [-0.1, -0.05) is 19.9 Å². The quantitative estimate of drug-likeness (QED) is 0.896. The third kappa shape index (κ3) is 2.46. The van der Waals surface area contributed by atoms with Gasteiger partial charge in [0.05, 0.1) is 0 Å². The summed E-state index contributed by atoms with van der Waals surface area (Å²) in [7, 11) is 2.29. The van der Waals surface area contributed by atoms with Crippen molar-refractivity contribution in [3.8, 4) is 0 Å². The number of anilines is 1. The molecule has 0 saturated carbocycles. The largest absolute Gasteiger partial charge is 0.384 e. The van der Waals surface area contributed by atoms with Crippen LogP contribution in [0.5, 0.6) is 0 Å². The van der Waals surface area contributed by atoms with Gasteiger partial charge in [0, 0.05) is 24.2 Å². The number of nitrogens with zero attached hydrogens (tertiary/aromatic N) is 1. The van der Waals surface area contributed by atoms with E-state index < -0.39 is 0 Å². The van der Waals surface area contributed by atoms with E-state index in [1.807, 2.05) is 0 Å². The average molecular weight is 272 g/mol. The zero-order chi connectivity index (χ0) is 14.1. The Hall–Kier alpha value is -1.02. The number of benzene rings is 1. The number of likely N-dealkylation sites (tertiary alicyclic amines) is 1. The highest BCUT2D eigenvalue weighted by Gasteiger charge is 2.29. The summed E-state index contributed by atoms with van der Waals surface area (Å²) >= 11 is 0. The van der Waals surface area contributed by atoms with Gasteiger partial charge in [-0.25, -0.2) is 0 Å². The van der Waals surface area contributed by atoms with E-state index in [4.69, 9.17) is 0 Å². The fourth-order valence-corrected chi connectivity index (χ4v) is 4.02. The van der Waals surface area contributed by atoms with Crippen LogP contribution in [0.1, 0.15) is 55.7 Å². The molecule has 2 nitrogen and oxygen atoms in total. The van der Waals surface area contributed by atoms with Crippen LogP contribution in [0.15, 0.2) is 12.1 Å². The van der Waals surface area contributed by atoms with E-state index in [1.54, 1.807) is 11.1 Å². The first-order valence-corrected chi connectivity index (χ1v) is 8.32. The molecule has 2 unspecified atom stereocenters. The molecule has 2 atom stereocenters. The molecule has 0 aliphatic carbocycles. The molecule has 2 aliphatic rings. The Kier molecular flexibility index (Phi) is 4.02. The molecule has 0 radical (unpaired) electrons. The molecule has 2 heteroatoms. The van der Waals surface area contributed by atoms with E-state index in [2.05, 4.69) is 43.2 Å². The molecule has 0 aromatic heterocycles. The van der Waals surface area contributed by atoms with Crippen molar-refractivity contribution >= 4 is 5.69 Å². The number of aryl methyl sites for hydroxylation is 2. The molecule has 1 fully saturated rings. The second-order valence-corrected chi connectivity index (χ2v) is 6.51. The van der Waals surface area contributed by atoms with Gasteiger partial charge >= 0.3 is 0 Å². The summed E-state index contributed by atoms with van der Waals surface area (Å²) in [6, 6.07) is 5.70. The maximum Gasteiger partial charge on any atom is 0.0379 e. The molecule has 1 saturated heterocycles. The lowest BCUT2D eigenvalue weighted by molar-refractivity contribution is 0.285. The first-order valence-electron chi connectivity index (χ1n) is 8.32. The summed E-state index contributed by atoms with van der Waals surface area (Å²) in [4.78, 5) is 2.55. The summed E-state index contributed by atoms with van der Waals surface area (Å²) in [6.07, 6.45) is 6.39. The predicted octanol–water partition coefficient (Wildman–Crippen LogP) is 3.80. The molecule has 20 heavy (non-hydrogen) atoms. The van der Waals surface area contributed by atoms with Crippen molar-refractivity contribution in [2.24, 2.45) is 0 Å². The highest BCUT2D eigenvalue weighted by atomic mass is 15.1. The molecule has 110 valence electrons. The van der Waals surface area contributed by atoms with Gasteiger partial charge in [0.25, 0.3) is 0 Å². The third-order valence-corrected chi connectivity index (χ3v) is 5.34. The Morgan fingerprint density at radius 1 is 1.20 bits per heavy atom. The van der Waals surface area contributed by atoms with Crippen LogP contribution in [-0.4, -0.2) is 31.1 Å². The van der Waals surface area contributed by atoms with Gasteiger partial charge in [0.15, 0.2) is 0 Å². The van der Waals surface area contributed by atoms with E-state index >= 15 is 0 Å². The van der Waals surface area contributed by atoms with Gasteiger partial charge < -0.3 is 10.2 Å². The molecule has 3 rings (SSSR count). The van der Waals surface area contributed by atoms with Crippen molar-refractivity contribution in [2.75, 3.05) is 25.5 Å². The number of nitrogens with one attached hydrogen (secondary N) is 1. The zero-order valence-corrected chi connectivity index (χ0v) is 13.2. The van der Waals surface area contributed by atoms with Crippen molar-refractivity contribution < 1.29 is 0 Å². The molecule has 1 aromatic rings. The van der Waals surface area contributed by atoms with Crippen molar-refractivity contribution in [2.45, 2.75) is 57.9 Å². The van der Waals surface area contributed by atoms with Gasteiger partial charge in [-0.05, 0) is 68.5 Å². The summed E-state index contributed by atoms with van der Waals surface area (Å²) in [5.74, 6) is 0.715. The molecule has 0 bridgehead atoms. The van der Waals surface area contributed by atoms with Crippen LogP contribution in [-0.2, 0) is 12.8 Å². The lowest BCUT2D eigenvalue weighted by Crippen LogP contribution is -2.27. The molecule has 1 aromatic carbocycles. The van der Waals surface area contributed by atoms with Gasteiger partial charge in [-0.3, -0.25) is 0 Å². The second kappa shape index (κ2) is 5.77. The smallest absolute Gasteiger partial charge is 0.0379 e. The maximum atomic E-state index is 3.65. The molecule has 1 N–H and O–H groups in total. The predicted molar refractivity (Wildman–Crippen MR) is 86.7 cm³/mol. The molecule has 0 amide bonds. The minimum atomic E-state index is 0.715. The molecule has 2 aliphatic heterocycles. The molecular weight excluding hydrogens is 244 g/mol. The Morgan fingerprint density at radius 2 is 1.95 bits per heavy atom. The lowest BCUT2D eigenvalue weighted by atomic mass is 9.89. The van der Waals surface area contributed by atoms with Crippen molar-refractivity contribution in [3.63, 3.8) is 0 Å². The summed E-state index contributed by atoms with van der Waals surface area (Å²) in [6.45, 7) is 6.96. The van der Waals surface area contributed by atoms with Gasteiger partial charge in [0.1, 0.15) is 0 Å². The molecule has 0 spiro atoms. The van der Waals surface area contributed by atoms with E-state index in [-0.39, 0.29) is 0 Å². The zero-order valence-electron chi connectivity index (χ0n) is 13.2. The normalized spacial score (nSPS) is 25.8. The van der Waals surface area contributed by atoms with Crippen LogP contribution in [0.25, 0.3) is 0 Å². The van der Waals surface area contributed by atoms with E-state index in [0.717, 1.165) is 25.4 Å². The Labute approximate surface area is 123 Å². The van der Waals surface area contributed by atoms with Gasteiger partial charge in [-0.2, -0.15) is 0 Å². The Morgan fingerprint density at radius 3 is 2.60 bits per heavy atom. The number of rotatable bonds is 4. The Bertz CT molecular complexity index is 481. The van der Waals surface area contributed by atoms with Crippen molar-refractivity contribution in [3.05, 3.63) is 28.8 Å². The van der Waals surface area contributed by atoms with Crippen LogP contribution in [0, 0.1) is 0 Å². The first kappa shape index (κ1) is 13.9. The van der Waals surface area contributed by atoms with Crippen LogP contribution >= 0.6 is 0 Å². The topological polar surface area (TPSA) is 15.3 Å². The van der Waals surface area contributed by atoms with Crippen LogP contribution in [0.2, 0.25) is 0 Å². The van der Waals surface area contributed by atoms with Gasteiger partial charge in [0.2, 0.25) is 0 Å². The standard InChI is InChI=1S/C18H28N2/c1-4-13-10-17-15(9-16-7-6-8-20(16)3)12-19-18(17)11-14(13)5-2/h10-11,15-16,19H,4-9,12H2,1-3H3. The minimum Gasteiger partial charge on any atom is -0.384 e. The van der Waals surface area contributed by atoms with E-state index in [1.165, 1.54) is 37.1 Å². The highest BCUT2D eigenvalue weighted by molar-refractivity contribution is 5.61. The highest BCUT2D eigenvalue weighted by Crippen LogP contribution is 2.38. The summed E-state index contributed by atoms with van der Waals surface area (Å²) in [5, 5.41) is 3.65. The number of hydrogen-bond acceptors (Lipinski definition) is 2. The van der Waals surface area contributed by atoms with Crippen LogP contribution < -0.4 is 5.32 Å². The number of hydrogen-bond donors (Lipinski definition) is 1. The average Bonchev–Trinajstić information content (AvgIpc) is 3.05. The number of fused-ring (bicyclic) bond motifs is 1. The van der Waals surface area contributed by atoms with Crippen LogP contribution in [0.4, 0.5) is 5.69 Å². The lowest BCUT2D eigenvalue weighted by Gasteiger charge is -2.23. The second-order valence-electron chi connectivity index (χ2n) is 6.51. The monoisotopic (exact) mass is 272 g/mol. The Balaban J connectivity index is 1.82. The first-order chi connectivity index (χ1) is 9.72. The third-order valence-electron chi connectivity index (χ3n) is 5.34. The van der Waals surface area contributed by atoms with Crippen molar-refractivity contribution in [1.82, 2.24) is 4.90 Å². The van der Waals surface area contributed by atoms with E-state index in [9.17, 15) is 0 Å². The van der Waals surface area contributed by atoms with Crippen molar-refractivity contribution in [1.29, 1.82) is 0 Å².